The number of ether oxygens (including phenoxy) is 1. The summed E-state index contributed by atoms with van der Waals surface area (Å²) in [6.07, 6.45) is -0.892. The number of carboxylic acids is 1. The van der Waals surface area contributed by atoms with Gasteiger partial charge in [0.2, 0.25) is 11.8 Å². The largest absolute Gasteiger partial charge is 0.479 e. The number of hydrogen-bond donors (Lipinski definition) is 2. The van der Waals surface area contributed by atoms with Gasteiger partial charge in [0.25, 0.3) is 0 Å². The van der Waals surface area contributed by atoms with Gasteiger partial charge in [0.15, 0.2) is 6.10 Å². The van der Waals surface area contributed by atoms with Crippen LogP contribution >= 0.6 is 0 Å². The molecule has 0 spiro atoms. The van der Waals surface area contributed by atoms with E-state index in [1.165, 1.54) is 7.11 Å². The lowest BCUT2D eigenvalue weighted by atomic mass is 10.1. The summed E-state index contributed by atoms with van der Waals surface area (Å²) in [7, 11) is 1.27. The first-order valence-corrected chi connectivity index (χ1v) is 6.19. The second-order valence-electron chi connectivity index (χ2n) is 4.85. The number of methoxy groups -OCH3 is 1. The van der Waals surface area contributed by atoms with Crippen molar-refractivity contribution in [2.75, 3.05) is 20.2 Å². The normalized spacial score (nSPS) is 20.7. The van der Waals surface area contributed by atoms with E-state index in [0.717, 1.165) is 0 Å². The Labute approximate surface area is 111 Å². The molecule has 2 unspecified atom stereocenters. The monoisotopic (exact) mass is 272 g/mol. The summed E-state index contributed by atoms with van der Waals surface area (Å²) in [6, 6.07) is 0.0658. The highest BCUT2D eigenvalue weighted by Crippen LogP contribution is 2.20. The number of carbonyl (C=O) groups excluding carboxylic acids is 2. The molecule has 1 rings (SSSR count). The fraction of sp³-hybridized carbons (Fsp3) is 0.750. The van der Waals surface area contributed by atoms with Crippen molar-refractivity contribution < 1.29 is 24.2 Å². The first-order chi connectivity index (χ1) is 8.86. The summed E-state index contributed by atoms with van der Waals surface area (Å²) in [4.78, 5) is 35.9. The fourth-order valence-corrected chi connectivity index (χ4v) is 2.02. The van der Waals surface area contributed by atoms with E-state index >= 15 is 0 Å². The van der Waals surface area contributed by atoms with Gasteiger partial charge in [-0.25, -0.2) is 4.79 Å². The first-order valence-electron chi connectivity index (χ1n) is 6.19. The molecule has 1 aliphatic rings. The van der Waals surface area contributed by atoms with Gasteiger partial charge in [-0.1, -0.05) is 0 Å². The first kappa shape index (κ1) is 15.4. The standard InChI is InChI=1S/C12H20N2O5/c1-7(2)14-6-8(4-10(14)15)11(16)13-5-9(19-3)12(17)18/h7-9H,4-6H2,1-3H3,(H,13,16)(H,17,18). The third-order valence-electron chi connectivity index (χ3n) is 3.17. The maximum Gasteiger partial charge on any atom is 0.334 e. The van der Waals surface area contributed by atoms with Crippen LogP contribution in [0.4, 0.5) is 0 Å². The van der Waals surface area contributed by atoms with Crippen LogP contribution in [0.25, 0.3) is 0 Å². The molecule has 0 saturated carbocycles. The number of likely N-dealkylation sites (tertiary alicyclic amines) is 1. The maximum absolute atomic E-state index is 11.9. The number of amides is 2. The van der Waals surface area contributed by atoms with Gasteiger partial charge >= 0.3 is 5.97 Å². The van der Waals surface area contributed by atoms with E-state index in [2.05, 4.69) is 5.32 Å². The van der Waals surface area contributed by atoms with Crippen LogP contribution in [-0.2, 0) is 19.1 Å². The number of hydrogen-bond acceptors (Lipinski definition) is 4. The van der Waals surface area contributed by atoms with Crippen LogP contribution in [0, 0.1) is 5.92 Å². The van der Waals surface area contributed by atoms with Crippen molar-refractivity contribution in [3.05, 3.63) is 0 Å². The molecule has 1 saturated heterocycles. The fourth-order valence-electron chi connectivity index (χ4n) is 2.02. The Morgan fingerprint density at radius 2 is 2.16 bits per heavy atom. The molecule has 1 fully saturated rings. The summed E-state index contributed by atoms with van der Waals surface area (Å²) in [6.45, 7) is 4.07. The second-order valence-corrected chi connectivity index (χ2v) is 4.85. The second kappa shape index (κ2) is 6.51. The minimum absolute atomic E-state index is 0.0447. The van der Waals surface area contributed by atoms with Crippen molar-refractivity contribution in [2.45, 2.75) is 32.4 Å². The zero-order chi connectivity index (χ0) is 14.6. The van der Waals surface area contributed by atoms with Crippen molar-refractivity contribution in [3.63, 3.8) is 0 Å². The average Bonchev–Trinajstić information content (AvgIpc) is 2.71. The highest BCUT2D eigenvalue weighted by molar-refractivity contribution is 5.89. The lowest BCUT2D eigenvalue weighted by Gasteiger charge is -2.20. The van der Waals surface area contributed by atoms with E-state index in [1.807, 2.05) is 13.8 Å². The van der Waals surface area contributed by atoms with Gasteiger partial charge in [-0.15, -0.1) is 0 Å². The van der Waals surface area contributed by atoms with Gasteiger partial charge in [0, 0.05) is 26.1 Å². The maximum atomic E-state index is 11.9. The predicted octanol–water partition coefficient (Wildman–Crippen LogP) is -0.541. The van der Waals surface area contributed by atoms with Crippen LogP contribution < -0.4 is 5.32 Å². The third-order valence-corrected chi connectivity index (χ3v) is 3.17. The molecule has 7 nitrogen and oxygen atoms in total. The Kier molecular flexibility index (Phi) is 5.29. The minimum Gasteiger partial charge on any atom is -0.479 e. The molecule has 2 amide bonds. The van der Waals surface area contributed by atoms with Crippen LogP contribution in [0.1, 0.15) is 20.3 Å². The summed E-state index contributed by atoms with van der Waals surface area (Å²) < 4.78 is 4.71. The Balaban J connectivity index is 2.47. The summed E-state index contributed by atoms with van der Waals surface area (Å²) in [5.74, 6) is -1.90. The van der Waals surface area contributed by atoms with Crippen LogP contribution in [0.2, 0.25) is 0 Å². The molecule has 0 aromatic rings. The zero-order valence-corrected chi connectivity index (χ0v) is 11.4. The Hall–Kier alpha value is -1.63. The van der Waals surface area contributed by atoms with E-state index in [9.17, 15) is 14.4 Å². The van der Waals surface area contributed by atoms with E-state index in [1.54, 1.807) is 4.90 Å². The zero-order valence-electron chi connectivity index (χ0n) is 11.4. The molecule has 0 bridgehead atoms. The van der Waals surface area contributed by atoms with Gasteiger partial charge in [-0.05, 0) is 13.8 Å². The molecular weight excluding hydrogens is 252 g/mol. The molecule has 0 aromatic carbocycles. The minimum atomic E-state index is -1.13. The smallest absolute Gasteiger partial charge is 0.334 e. The van der Waals surface area contributed by atoms with E-state index < -0.39 is 18.0 Å². The Morgan fingerprint density at radius 1 is 1.53 bits per heavy atom. The number of carbonyl (C=O) groups is 3. The summed E-state index contributed by atoms with van der Waals surface area (Å²) in [5, 5.41) is 11.3. The molecular formula is C12H20N2O5. The Morgan fingerprint density at radius 3 is 2.58 bits per heavy atom. The molecule has 0 aromatic heterocycles. The number of rotatable bonds is 6. The van der Waals surface area contributed by atoms with Crippen molar-refractivity contribution in [3.8, 4) is 0 Å². The van der Waals surface area contributed by atoms with Crippen molar-refractivity contribution in [1.29, 1.82) is 0 Å². The van der Waals surface area contributed by atoms with Crippen LogP contribution in [0.15, 0.2) is 0 Å². The lowest BCUT2D eigenvalue weighted by molar-refractivity contribution is -0.148. The Bertz CT molecular complexity index is 369. The highest BCUT2D eigenvalue weighted by atomic mass is 16.5. The van der Waals surface area contributed by atoms with Crippen LogP contribution in [-0.4, -0.2) is 60.1 Å². The lowest BCUT2D eigenvalue weighted by Crippen LogP contribution is -2.41. The predicted molar refractivity (Wildman–Crippen MR) is 66.4 cm³/mol. The summed E-state index contributed by atoms with van der Waals surface area (Å²) in [5.41, 5.74) is 0. The quantitative estimate of drug-likeness (QED) is 0.677. The van der Waals surface area contributed by atoms with Gasteiger partial charge in [-0.3, -0.25) is 9.59 Å². The molecule has 2 N–H and O–H groups in total. The summed E-state index contributed by atoms with van der Waals surface area (Å²) >= 11 is 0. The number of carboxylic acid groups (broad SMARTS) is 1. The molecule has 108 valence electrons. The van der Waals surface area contributed by atoms with Gasteiger partial charge < -0.3 is 20.1 Å². The molecule has 1 aliphatic heterocycles. The van der Waals surface area contributed by atoms with Crippen molar-refractivity contribution in [2.24, 2.45) is 5.92 Å². The number of aliphatic carboxylic acids is 1. The molecule has 0 radical (unpaired) electrons. The topological polar surface area (TPSA) is 95.9 Å². The van der Waals surface area contributed by atoms with Gasteiger partial charge in [0.05, 0.1) is 12.5 Å². The third kappa shape index (κ3) is 3.92. The molecule has 7 heteroatoms. The number of nitrogens with one attached hydrogen (secondary N) is 1. The van der Waals surface area contributed by atoms with Crippen LogP contribution in [0.5, 0.6) is 0 Å². The average molecular weight is 272 g/mol. The van der Waals surface area contributed by atoms with E-state index in [0.29, 0.717) is 6.54 Å². The van der Waals surface area contributed by atoms with Gasteiger partial charge in [0.1, 0.15) is 0 Å². The van der Waals surface area contributed by atoms with Crippen molar-refractivity contribution >= 4 is 17.8 Å². The SMILES string of the molecule is COC(CNC(=O)C1CC(=O)N(C(C)C)C1)C(=O)O. The van der Waals surface area contributed by atoms with Gasteiger partial charge in [-0.2, -0.15) is 0 Å². The number of nitrogens with zero attached hydrogens (tertiary/aromatic N) is 1. The van der Waals surface area contributed by atoms with Crippen molar-refractivity contribution in [1.82, 2.24) is 10.2 Å². The van der Waals surface area contributed by atoms with Crippen LogP contribution in [0.3, 0.4) is 0 Å². The van der Waals surface area contributed by atoms with E-state index in [-0.39, 0.29) is 30.8 Å². The molecule has 0 aliphatic carbocycles. The molecule has 1 heterocycles. The highest BCUT2D eigenvalue weighted by Gasteiger charge is 2.35. The van der Waals surface area contributed by atoms with E-state index in [4.69, 9.17) is 9.84 Å². The molecule has 19 heavy (non-hydrogen) atoms. The molecule has 2 atom stereocenters.